The molecule has 0 bridgehead atoms. The predicted octanol–water partition coefficient (Wildman–Crippen LogP) is 4.70. The van der Waals surface area contributed by atoms with Crippen LogP contribution in [0.5, 0.6) is 0 Å². The van der Waals surface area contributed by atoms with E-state index >= 15 is 0 Å². The number of hydrogen-bond donors (Lipinski definition) is 0. The Morgan fingerprint density at radius 3 is 1.06 bits per heavy atom. The minimum Gasteiger partial charge on any atom is -0.0610 e. The van der Waals surface area contributed by atoms with Crippen LogP contribution in [0.2, 0.25) is 0 Å². The van der Waals surface area contributed by atoms with E-state index in [4.69, 9.17) is 0 Å². The van der Waals surface area contributed by atoms with Crippen LogP contribution in [0.3, 0.4) is 0 Å². The van der Waals surface area contributed by atoms with E-state index in [9.17, 15) is 0 Å². The number of benzene rings is 4. The second kappa shape index (κ2) is 2.73. The van der Waals surface area contributed by atoms with Gasteiger partial charge in [-0.25, -0.2) is 0 Å². The van der Waals surface area contributed by atoms with Crippen LogP contribution < -0.4 is 0 Å². The lowest BCUT2D eigenvalue weighted by molar-refractivity contribution is 1.78. The Bertz CT molecular complexity index is 672. The Kier molecular flexibility index (Phi) is 1.39. The molecule has 4 aromatic rings. The van der Waals surface area contributed by atoms with Gasteiger partial charge in [0, 0.05) is 0 Å². The number of rotatable bonds is 0. The average Bonchev–Trinajstić information content (AvgIpc) is 2.36. The predicted molar refractivity (Wildman–Crippen MR) is 71.3 cm³/mol. The monoisotopic (exact) mass is 203 g/mol. The molecule has 4 aromatic carbocycles. The van der Waals surface area contributed by atoms with E-state index in [1.165, 1.54) is 32.3 Å². The molecule has 0 aliphatic rings. The van der Waals surface area contributed by atoms with Gasteiger partial charge in [0.2, 0.25) is 0 Å². The van der Waals surface area contributed by atoms with Crippen LogP contribution >= 0.6 is 0 Å². The second-order valence-corrected chi connectivity index (χ2v) is 4.29. The fourth-order valence-corrected chi connectivity index (χ4v) is 2.67. The van der Waals surface area contributed by atoms with Crippen molar-refractivity contribution in [2.45, 2.75) is 0 Å². The smallest absolute Gasteiger partial charge is 0.0610 e. The molecule has 74 valence electrons. The summed E-state index contributed by atoms with van der Waals surface area (Å²) in [7, 11) is 0. The molecule has 0 N–H and O–H groups in total. The maximum Gasteiger partial charge on any atom is 1.00 e. The van der Waals surface area contributed by atoms with Crippen molar-refractivity contribution in [3.63, 3.8) is 0 Å². The first-order valence-corrected chi connectivity index (χ1v) is 5.56. The van der Waals surface area contributed by atoms with Gasteiger partial charge in [-0.1, -0.05) is 60.7 Å². The summed E-state index contributed by atoms with van der Waals surface area (Å²) < 4.78 is 0. The first-order valence-electron chi connectivity index (χ1n) is 5.56. The number of hydrogen-bond acceptors (Lipinski definition) is 0. The lowest BCUT2D eigenvalue weighted by atomic mass is 9.95. The molecule has 0 atom stereocenters. The van der Waals surface area contributed by atoms with Crippen molar-refractivity contribution in [3.05, 3.63) is 60.7 Å². The molecule has 0 nitrogen and oxygen atoms in total. The van der Waals surface area contributed by atoms with E-state index in [0.717, 1.165) is 0 Å². The van der Waals surface area contributed by atoms with E-state index < -0.39 is 0 Å². The Balaban J connectivity index is 0.000000902. The molecule has 0 spiro atoms. The van der Waals surface area contributed by atoms with Crippen molar-refractivity contribution >= 4 is 32.3 Å². The highest BCUT2D eigenvalue weighted by molar-refractivity contribution is 6.22. The van der Waals surface area contributed by atoms with E-state index in [0.29, 0.717) is 0 Å². The molecule has 0 amide bonds. The third-order valence-corrected chi connectivity index (χ3v) is 3.39. The zero-order chi connectivity index (χ0) is 10.5. The van der Waals surface area contributed by atoms with Crippen LogP contribution in [0.25, 0.3) is 32.3 Å². The van der Waals surface area contributed by atoms with Crippen molar-refractivity contribution < 1.29 is 1.43 Å². The summed E-state index contributed by atoms with van der Waals surface area (Å²) in [6, 6.07) is 21.9. The van der Waals surface area contributed by atoms with Crippen molar-refractivity contribution in [3.8, 4) is 0 Å². The van der Waals surface area contributed by atoms with Crippen LogP contribution in [-0.2, 0) is 0 Å². The van der Waals surface area contributed by atoms with Crippen LogP contribution in [0.4, 0.5) is 0 Å². The lowest BCUT2D eigenvalue weighted by Crippen LogP contribution is -1.82. The van der Waals surface area contributed by atoms with Crippen molar-refractivity contribution in [1.29, 1.82) is 0 Å². The van der Waals surface area contributed by atoms with Gasteiger partial charge in [0.05, 0.1) is 0 Å². The van der Waals surface area contributed by atoms with Crippen molar-refractivity contribution in [2.24, 2.45) is 0 Å². The summed E-state index contributed by atoms with van der Waals surface area (Å²) in [5.74, 6) is 0. The fraction of sp³-hybridized carbons (Fsp3) is 0. The normalized spacial score (nSPS) is 11.8. The third kappa shape index (κ3) is 0.892. The van der Waals surface area contributed by atoms with E-state index in [2.05, 4.69) is 60.7 Å². The first-order chi connectivity index (χ1) is 7.93. The Hall–Kier alpha value is -2.08. The molecule has 16 heavy (non-hydrogen) atoms. The van der Waals surface area contributed by atoms with Crippen LogP contribution in [0.1, 0.15) is 1.43 Å². The van der Waals surface area contributed by atoms with Gasteiger partial charge in [0.1, 0.15) is 0 Å². The maximum absolute atomic E-state index is 2.21. The summed E-state index contributed by atoms with van der Waals surface area (Å²) in [5.41, 5.74) is 0. The third-order valence-electron chi connectivity index (χ3n) is 3.39. The van der Waals surface area contributed by atoms with Crippen molar-refractivity contribution in [2.75, 3.05) is 0 Å². The lowest BCUT2D eigenvalue weighted by Gasteiger charge is -2.09. The molecule has 0 aliphatic carbocycles. The molecule has 4 rings (SSSR count). The van der Waals surface area contributed by atoms with Crippen LogP contribution in [-0.4, -0.2) is 0 Å². The molecule has 0 saturated carbocycles. The highest BCUT2D eigenvalue weighted by Gasteiger charge is 2.05. The summed E-state index contributed by atoms with van der Waals surface area (Å²) >= 11 is 0. The molecule has 0 saturated heterocycles. The van der Waals surface area contributed by atoms with Gasteiger partial charge in [-0.05, 0) is 32.3 Å². The van der Waals surface area contributed by atoms with Gasteiger partial charge in [0.25, 0.3) is 0 Å². The standard InChI is InChI=1S/C16H10/c1-3-11-7-9-13-5-2-6-14-10-8-12(4-1)15(11)16(13)14/h1-10H/p+1. The summed E-state index contributed by atoms with van der Waals surface area (Å²) in [5, 5.41) is 8.14. The van der Waals surface area contributed by atoms with Gasteiger partial charge in [-0.15, -0.1) is 0 Å². The minimum atomic E-state index is 0. The zero-order valence-corrected chi connectivity index (χ0v) is 8.77. The highest BCUT2D eigenvalue weighted by atomic mass is 14.1. The van der Waals surface area contributed by atoms with E-state index in [-0.39, 0.29) is 1.43 Å². The van der Waals surface area contributed by atoms with Gasteiger partial charge < -0.3 is 0 Å². The molecule has 0 unspecified atom stereocenters. The van der Waals surface area contributed by atoms with Crippen molar-refractivity contribution in [1.82, 2.24) is 0 Å². The molecule has 0 heteroatoms. The quantitative estimate of drug-likeness (QED) is 0.363. The molecule has 0 aromatic heterocycles. The Morgan fingerprint density at radius 2 is 0.750 bits per heavy atom. The molecule has 0 aliphatic heterocycles. The fourth-order valence-electron chi connectivity index (χ4n) is 2.67. The van der Waals surface area contributed by atoms with Gasteiger partial charge in [-0.3, -0.25) is 0 Å². The molecule has 0 fully saturated rings. The van der Waals surface area contributed by atoms with E-state index in [1.54, 1.807) is 0 Å². The van der Waals surface area contributed by atoms with Gasteiger partial charge in [0.15, 0.2) is 0 Å². The second-order valence-electron chi connectivity index (χ2n) is 4.29. The maximum atomic E-state index is 2.21. The topological polar surface area (TPSA) is 0 Å². The average molecular weight is 203 g/mol. The van der Waals surface area contributed by atoms with E-state index in [1.807, 2.05) is 0 Å². The highest BCUT2D eigenvalue weighted by Crippen LogP contribution is 2.33. The molecule has 0 heterocycles. The molecule has 0 radical (unpaired) electrons. The Labute approximate surface area is 94.9 Å². The minimum absolute atomic E-state index is 0. The van der Waals surface area contributed by atoms with Gasteiger partial charge in [-0.2, -0.15) is 0 Å². The zero-order valence-electron chi connectivity index (χ0n) is 9.77. The molecular formula is C16H11+. The SMILES string of the molecule is [H+].c1cc2ccc3cccc4ccc(c1)c2c34. The van der Waals surface area contributed by atoms with Gasteiger partial charge >= 0.3 is 1.43 Å². The van der Waals surface area contributed by atoms with Crippen LogP contribution in [0.15, 0.2) is 60.7 Å². The summed E-state index contributed by atoms with van der Waals surface area (Å²) in [6.07, 6.45) is 0. The summed E-state index contributed by atoms with van der Waals surface area (Å²) in [4.78, 5) is 0. The largest absolute Gasteiger partial charge is 1.00 e. The molecular weight excluding hydrogens is 192 g/mol. The first kappa shape index (κ1) is 8.12. The van der Waals surface area contributed by atoms with Crippen LogP contribution in [0, 0.1) is 0 Å². The Morgan fingerprint density at radius 1 is 0.438 bits per heavy atom. The summed E-state index contributed by atoms with van der Waals surface area (Å²) in [6.45, 7) is 0.